The lowest BCUT2D eigenvalue weighted by molar-refractivity contribution is 0.339. The highest BCUT2D eigenvalue weighted by Gasteiger charge is 2.37. The molecule has 0 bridgehead atoms. The largest absolute Gasteiger partial charge is 0.346 e. The lowest BCUT2D eigenvalue weighted by atomic mass is 10.4. The molecule has 0 fully saturated rings. The predicted octanol–water partition coefficient (Wildman–Crippen LogP) is 0.0778. The summed E-state index contributed by atoms with van der Waals surface area (Å²) in [5.74, 6) is -0.253. The van der Waals surface area contributed by atoms with Gasteiger partial charge in [-0.25, -0.2) is 0 Å². The Bertz CT molecular complexity index is 142. The van der Waals surface area contributed by atoms with Gasteiger partial charge >= 0.3 is 7.60 Å². The van der Waals surface area contributed by atoms with Gasteiger partial charge in [-0.15, -0.1) is 11.6 Å². The summed E-state index contributed by atoms with van der Waals surface area (Å²) in [6.45, 7) is 1.21. The smallest absolute Gasteiger partial charge is 0.323 e. The number of halogens is 1. The van der Waals surface area contributed by atoms with Gasteiger partial charge in [0.25, 0.3) is 0 Å². The molecule has 0 radical (unpaired) electrons. The lowest BCUT2D eigenvalue weighted by Gasteiger charge is -2.21. The van der Waals surface area contributed by atoms with Crippen molar-refractivity contribution in [2.75, 3.05) is 5.88 Å². The Morgan fingerprint density at radius 2 is 2.11 bits per heavy atom. The van der Waals surface area contributed by atoms with Crippen molar-refractivity contribution in [1.29, 1.82) is 0 Å². The fourth-order valence-corrected chi connectivity index (χ4v) is 0.701. The van der Waals surface area contributed by atoms with Crippen molar-refractivity contribution in [3.05, 3.63) is 0 Å². The Morgan fingerprint density at radius 1 is 1.78 bits per heavy atom. The topological polar surface area (TPSA) is 83.6 Å². The summed E-state index contributed by atoms with van der Waals surface area (Å²) in [6.07, 6.45) is 0. The van der Waals surface area contributed by atoms with Crippen LogP contribution in [0.3, 0.4) is 0 Å². The third-order valence-corrected chi connectivity index (χ3v) is 3.17. The molecule has 0 saturated carbocycles. The molecule has 4 nitrogen and oxygen atoms in total. The lowest BCUT2D eigenvalue weighted by Crippen LogP contribution is -2.37. The second kappa shape index (κ2) is 2.56. The van der Waals surface area contributed by atoms with E-state index in [0.29, 0.717) is 0 Å². The first-order chi connectivity index (χ1) is 3.81. The molecule has 0 aliphatic heterocycles. The van der Waals surface area contributed by atoms with Crippen molar-refractivity contribution >= 4 is 19.2 Å². The standard InChI is InChI=1S/C3H9ClNO3P/c1-3(5,2-4)9(6,7)8/h2,5H2,1H3,(H2,6,7,8). The zero-order valence-corrected chi connectivity index (χ0v) is 6.56. The Morgan fingerprint density at radius 3 is 2.11 bits per heavy atom. The fraction of sp³-hybridized carbons (Fsp3) is 1.00. The molecule has 0 aromatic rings. The van der Waals surface area contributed by atoms with Crippen molar-refractivity contribution in [2.45, 2.75) is 12.2 Å². The van der Waals surface area contributed by atoms with E-state index in [-0.39, 0.29) is 5.88 Å². The van der Waals surface area contributed by atoms with E-state index >= 15 is 0 Å². The molecule has 56 valence electrons. The van der Waals surface area contributed by atoms with Crippen LogP contribution in [0.2, 0.25) is 0 Å². The Kier molecular flexibility index (Phi) is 2.68. The third kappa shape index (κ3) is 2.24. The van der Waals surface area contributed by atoms with E-state index in [1.807, 2.05) is 0 Å². The van der Waals surface area contributed by atoms with E-state index in [9.17, 15) is 4.57 Å². The van der Waals surface area contributed by atoms with Crippen molar-refractivity contribution in [2.24, 2.45) is 5.73 Å². The summed E-state index contributed by atoms with van der Waals surface area (Å²) in [6, 6.07) is 0. The van der Waals surface area contributed by atoms with Gasteiger partial charge in [0, 0.05) is 0 Å². The average molecular weight is 174 g/mol. The van der Waals surface area contributed by atoms with Gasteiger partial charge in [0.1, 0.15) is 5.28 Å². The highest BCUT2D eigenvalue weighted by Crippen LogP contribution is 2.46. The van der Waals surface area contributed by atoms with E-state index in [1.54, 1.807) is 0 Å². The van der Waals surface area contributed by atoms with E-state index in [1.165, 1.54) is 6.92 Å². The zero-order valence-electron chi connectivity index (χ0n) is 4.91. The number of nitrogens with two attached hydrogens (primary N) is 1. The van der Waals surface area contributed by atoms with Gasteiger partial charge in [-0.05, 0) is 6.92 Å². The molecule has 0 aromatic heterocycles. The first-order valence-corrected chi connectivity index (χ1v) is 4.36. The Hall–Kier alpha value is 0.400. The summed E-state index contributed by atoms with van der Waals surface area (Å²) in [5, 5.41) is -1.59. The summed E-state index contributed by atoms with van der Waals surface area (Å²) in [5.41, 5.74) is 5.10. The summed E-state index contributed by atoms with van der Waals surface area (Å²) in [7, 11) is -4.22. The molecule has 9 heavy (non-hydrogen) atoms. The second-order valence-electron chi connectivity index (χ2n) is 2.03. The first kappa shape index (κ1) is 9.40. The molecule has 1 unspecified atom stereocenters. The molecule has 6 heteroatoms. The number of hydrogen-bond donors (Lipinski definition) is 3. The maximum atomic E-state index is 10.4. The van der Waals surface area contributed by atoms with Crippen molar-refractivity contribution < 1.29 is 14.4 Å². The highest BCUT2D eigenvalue weighted by atomic mass is 35.5. The zero-order chi connectivity index (χ0) is 7.71. The average Bonchev–Trinajstić information content (AvgIpc) is 1.64. The molecule has 0 spiro atoms. The monoisotopic (exact) mass is 173 g/mol. The number of rotatable bonds is 2. The van der Waals surface area contributed by atoms with Crippen molar-refractivity contribution in [1.82, 2.24) is 0 Å². The first-order valence-electron chi connectivity index (χ1n) is 2.22. The van der Waals surface area contributed by atoms with Crippen LogP contribution in [0.25, 0.3) is 0 Å². The molecule has 0 aliphatic carbocycles. The van der Waals surface area contributed by atoms with Crippen LogP contribution in [0, 0.1) is 0 Å². The van der Waals surface area contributed by atoms with Crippen LogP contribution < -0.4 is 5.73 Å². The Balaban J connectivity index is 4.34. The SMILES string of the molecule is CC(N)(CCl)P(=O)(O)O. The van der Waals surface area contributed by atoms with Crippen LogP contribution in [0.5, 0.6) is 0 Å². The van der Waals surface area contributed by atoms with Gasteiger partial charge in [0.15, 0.2) is 0 Å². The predicted molar refractivity (Wildman–Crippen MR) is 35.4 cm³/mol. The van der Waals surface area contributed by atoms with E-state index in [4.69, 9.17) is 27.1 Å². The minimum absolute atomic E-state index is 0.253. The molecule has 0 rings (SSSR count). The Labute approximate surface area is 58.2 Å². The molecule has 0 heterocycles. The minimum atomic E-state index is -4.22. The molecule has 4 N–H and O–H groups in total. The maximum Gasteiger partial charge on any atom is 0.346 e. The van der Waals surface area contributed by atoms with Crippen LogP contribution in [-0.4, -0.2) is 20.9 Å². The van der Waals surface area contributed by atoms with E-state index < -0.39 is 12.9 Å². The maximum absolute atomic E-state index is 10.4. The quantitative estimate of drug-likeness (QED) is 0.408. The van der Waals surface area contributed by atoms with Crippen LogP contribution in [0.1, 0.15) is 6.92 Å². The molecule has 0 aromatic carbocycles. The van der Waals surface area contributed by atoms with Gasteiger partial charge in [0.2, 0.25) is 0 Å². The molecule has 1 atom stereocenters. The van der Waals surface area contributed by atoms with Gasteiger partial charge in [-0.1, -0.05) is 0 Å². The third-order valence-electron chi connectivity index (χ3n) is 0.936. The molecular weight excluding hydrogens is 164 g/mol. The van der Waals surface area contributed by atoms with Crippen molar-refractivity contribution in [3.8, 4) is 0 Å². The molecular formula is C3H9ClNO3P. The van der Waals surface area contributed by atoms with Crippen LogP contribution in [0.15, 0.2) is 0 Å². The summed E-state index contributed by atoms with van der Waals surface area (Å²) < 4.78 is 10.4. The van der Waals surface area contributed by atoms with Crippen LogP contribution in [-0.2, 0) is 4.57 Å². The normalized spacial score (nSPS) is 19.2. The van der Waals surface area contributed by atoms with Crippen LogP contribution in [0.4, 0.5) is 0 Å². The van der Waals surface area contributed by atoms with Crippen LogP contribution >= 0.6 is 19.2 Å². The summed E-state index contributed by atoms with van der Waals surface area (Å²) in [4.78, 5) is 16.9. The van der Waals surface area contributed by atoms with Gasteiger partial charge in [0.05, 0.1) is 5.88 Å². The van der Waals surface area contributed by atoms with Gasteiger partial charge in [-0.2, -0.15) is 0 Å². The molecule has 0 aliphatic rings. The fourth-order valence-electron chi connectivity index (χ4n) is 0.0778. The number of hydrogen-bond acceptors (Lipinski definition) is 2. The number of alkyl halides is 1. The van der Waals surface area contributed by atoms with Gasteiger partial charge < -0.3 is 15.5 Å². The molecule has 0 amide bonds. The summed E-state index contributed by atoms with van der Waals surface area (Å²) >= 11 is 5.16. The second-order valence-corrected chi connectivity index (χ2v) is 4.41. The molecule has 0 saturated heterocycles. The highest BCUT2D eigenvalue weighted by molar-refractivity contribution is 7.53. The minimum Gasteiger partial charge on any atom is -0.323 e. The van der Waals surface area contributed by atoms with E-state index in [0.717, 1.165) is 0 Å². The van der Waals surface area contributed by atoms with Crippen molar-refractivity contribution in [3.63, 3.8) is 0 Å². The van der Waals surface area contributed by atoms with Gasteiger partial charge in [-0.3, -0.25) is 4.57 Å². The van der Waals surface area contributed by atoms with E-state index in [2.05, 4.69) is 0 Å².